The Morgan fingerprint density at radius 2 is 1.80 bits per heavy atom. The Hall–Kier alpha value is -1.56. The Balaban J connectivity index is 2.17. The molecule has 1 unspecified atom stereocenters. The number of hydrogen-bond acceptors (Lipinski definition) is 4. The fourth-order valence-corrected chi connectivity index (χ4v) is 2.94. The van der Waals surface area contributed by atoms with Crippen molar-refractivity contribution in [3.63, 3.8) is 0 Å². The minimum Gasteiger partial charge on any atom is -0.389 e. The second-order valence-corrected chi connectivity index (χ2v) is 5.77. The molecule has 0 amide bonds. The van der Waals surface area contributed by atoms with Crippen molar-refractivity contribution in [2.24, 2.45) is 0 Å². The van der Waals surface area contributed by atoms with Crippen LogP contribution in [0.1, 0.15) is 18.6 Å². The Morgan fingerprint density at radius 1 is 1.20 bits per heavy atom. The van der Waals surface area contributed by atoms with Gasteiger partial charge in [-0.15, -0.1) is 0 Å². The molecule has 0 aliphatic heterocycles. The second-order valence-electron chi connectivity index (χ2n) is 4.21. The molecule has 0 saturated carbocycles. The van der Waals surface area contributed by atoms with Gasteiger partial charge in [-0.05, 0) is 36.8 Å². The molecular formula is C14H12ClNO3S. The van der Waals surface area contributed by atoms with Crippen LogP contribution in [0.5, 0.6) is 0 Å². The number of halogens is 1. The number of nitrogens with zero attached hydrogens (tertiary/aromatic N) is 1. The van der Waals surface area contributed by atoms with E-state index in [1.54, 1.807) is 31.2 Å². The number of rotatable bonds is 4. The number of non-ortho nitro benzene ring substituents is 1. The third-order valence-electron chi connectivity index (χ3n) is 2.71. The largest absolute Gasteiger partial charge is 0.389 e. The lowest BCUT2D eigenvalue weighted by atomic mass is 10.1. The minimum absolute atomic E-state index is 0.0665. The molecule has 0 spiro atoms. The fraction of sp³-hybridized carbons (Fsp3) is 0.143. The molecule has 2 aromatic rings. The summed E-state index contributed by atoms with van der Waals surface area (Å²) in [6.45, 7) is 1.66. The summed E-state index contributed by atoms with van der Waals surface area (Å²) in [4.78, 5) is 11.9. The van der Waals surface area contributed by atoms with Crippen LogP contribution in [0.15, 0.2) is 52.3 Å². The van der Waals surface area contributed by atoms with E-state index in [4.69, 9.17) is 11.6 Å². The van der Waals surface area contributed by atoms with Crippen molar-refractivity contribution in [1.29, 1.82) is 0 Å². The van der Waals surface area contributed by atoms with Crippen LogP contribution in [0.4, 0.5) is 5.69 Å². The van der Waals surface area contributed by atoms with Gasteiger partial charge in [0, 0.05) is 26.9 Å². The van der Waals surface area contributed by atoms with Gasteiger partial charge in [0.15, 0.2) is 0 Å². The summed E-state index contributed by atoms with van der Waals surface area (Å²) in [5, 5.41) is 20.6. The van der Waals surface area contributed by atoms with Gasteiger partial charge in [0.25, 0.3) is 5.69 Å². The van der Waals surface area contributed by atoms with Gasteiger partial charge in [0.05, 0.1) is 11.0 Å². The molecule has 0 heterocycles. The topological polar surface area (TPSA) is 63.4 Å². The Kier molecular flexibility index (Phi) is 4.65. The van der Waals surface area contributed by atoms with Gasteiger partial charge < -0.3 is 5.11 Å². The van der Waals surface area contributed by atoms with Gasteiger partial charge in [-0.3, -0.25) is 10.1 Å². The Bertz CT molecular complexity index is 629. The summed E-state index contributed by atoms with van der Waals surface area (Å²) in [6.07, 6.45) is -0.610. The Labute approximate surface area is 125 Å². The standard InChI is InChI=1S/C14H12ClNO3S/c1-9(17)13-7-6-12(8-14(13)15)20-11-4-2-10(3-5-11)16(18)19/h2-9,17H,1H3. The molecule has 4 nitrogen and oxygen atoms in total. The zero-order chi connectivity index (χ0) is 14.7. The predicted octanol–water partition coefficient (Wildman–Crippen LogP) is 4.45. The molecule has 0 bridgehead atoms. The molecule has 0 radical (unpaired) electrons. The van der Waals surface area contributed by atoms with Gasteiger partial charge in [0.1, 0.15) is 0 Å². The summed E-state index contributed by atoms with van der Waals surface area (Å²) < 4.78 is 0. The summed E-state index contributed by atoms with van der Waals surface area (Å²) in [6, 6.07) is 11.7. The molecule has 20 heavy (non-hydrogen) atoms. The minimum atomic E-state index is -0.610. The molecule has 0 aliphatic carbocycles. The van der Waals surface area contributed by atoms with E-state index in [1.165, 1.54) is 23.9 Å². The van der Waals surface area contributed by atoms with E-state index >= 15 is 0 Å². The second kappa shape index (κ2) is 6.26. The number of nitro groups is 1. The van der Waals surface area contributed by atoms with E-state index in [1.807, 2.05) is 6.07 Å². The maximum Gasteiger partial charge on any atom is 0.269 e. The SMILES string of the molecule is CC(O)c1ccc(Sc2ccc([N+](=O)[O-])cc2)cc1Cl. The van der Waals surface area contributed by atoms with E-state index < -0.39 is 11.0 Å². The maximum atomic E-state index is 10.6. The zero-order valence-electron chi connectivity index (χ0n) is 10.6. The van der Waals surface area contributed by atoms with Crippen LogP contribution in [0.2, 0.25) is 5.02 Å². The summed E-state index contributed by atoms with van der Waals surface area (Å²) in [5.74, 6) is 0. The average Bonchev–Trinajstić information content (AvgIpc) is 2.39. The molecule has 104 valence electrons. The third kappa shape index (κ3) is 3.50. The fourth-order valence-electron chi connectivity index (χ4n) is 1.68. The van der Waals surface area contributed by atoms with Crippen molar-refractivity contribution in [1.82, 2.24) is 0 Å². The van der Waals surface area contributed by atoms with Crippen molar-refractivity contribution < 1.29 is 10.0 Å². The van der Waals surface area contributed by atoms with E-state index in [0.717, 1.165) is 9.79 Å². The lowest BCUT2D eigenvalue weighted by Crippen LogP contribution is -1.92. The monoisotopic (exact) mass is 309 g/mol. The molecule has 0 aromatic heterocycles. The molecule has 6 heteroatoms. The molecule has 1 atom stereocenters. The van der Waals surface area contributed by atoms with Gasteiger partial charge in [-0.25, -0.2) is 0 Å². The predicted molar refractivity (Wildman–Crippen MR) is 79.3 cm³/mol. The smallest absolute Gasteiger partial charge is 0.269 e. The molecule has 2 aromatic carbocycles. The Morgan fingerprint density at radius 3 is 2.30 bits per heavy atom. The van der Waals surface area contributed by atoms with Crippen molar-refractivity contribution in [3.8, 4) is 0 Å². The van der Waals surface area contributed by atoms with E-state index in [0.29, 0.717) is 10.6 Å². The normalized spacial score (nSPS) is 12.2. The molecule has 2 rings (SSSR count). The van der Waals surface area contributed by atoms with Crippen LogP contribution < -0.4 is 0 Å². The summed E-state index contributed by atoms with van der Waals surface area (Å²) >= 11 is 7.55. The van der Waals surface area contributed by atoms with Gasteiger partial charge in [0.2, 0.25) is 0 Å². The quantitative estimate of drug-likeness (QED) is 0.669. The lowest BCUT2D eigenvalue weighted by molar-refractivity contribution is -0.384. The number of aliphatic hydroxyl groups is 1. The first-order valence-corrected chi connectivity index (χ1v) is 7.06. The van der Waals surface area contributed by atoms with Crippen molar-refractivity contribution >= 4 is 29.1 Å². The van der Waals surface area contributed by atoms with E-state index in [9.17, 15) is 15.2 Å². The van der Waals surface area contributed by atoms with E-state index in [-0.39, 0.29) is 5.69 Å². The third-order valence-corrected chi connectivity index (χ3v) is 4.03. The number of benzene rings is 2. The van der Waals surface area contributed by atoms with Gasteiger partial charge >= 0.3 is 0 Å². The van der Waals surface area contributed by atoms with Crippen molar-refractivity contribution in [2.75, 3.05) is 0 Å². The van der Waals surface area contributed by atoms with Crippen LogP contribution in [0.3, 0.4) is 0 Å². The summed E-state index contributed by atoms with van der Waals surface area (Å²) in [7, 11) is 0. The molecule has 1 N–H and O–H groups in total. The van der Waals surface area contributed by atoms with Crippen LogP contribution in [-0.2, 0) is 0 Å². The average molecular weight is 310 g/mol. The highest BCUT2D eigenvalue weighted by molar-refractivity contribution is 7.99. The van der Waals surface area contributed by atoms with Crippen molar-refractivity contribution in [3.05, 3.63) is 63.2 Å². The summed E-state index contributed by atoms with van der Waals surface area (Å²) in [5.41, 5.74) is 0.747. The van der Waals surface area contributed by atoms with Crippen molar-refractivity contribution in [2.45, 2.75) is 22.8 Å². The first kappa shape index (κ1) is 14.8. The van der Waals surface area contributed by atoms with Crippen LogP contribution in [0.25, 0.3) is 0 Å². The van der Waals surface area contributed by atoms with Crippen LogP contribution >= 0.6 is 23.4 Å². The number of hydrogen-bond donors (Lipinski definition) is 1. The maximum absolute atomic E-state index is 10.6. The van der Waals surface area contributed by atoms with Crippen LogP contribution in [0, 0.1) is 10.1 Å². The lowest BCUT2D eigenvalue weighted by Gasteiger charge is -2.09. The van der Waals surface area contributed by atoms with Gasteiger partial charge in [-0.1, -0.05) is 29.4 Å². The first-order chi connectivity index (χ1) is 9.47. The zero-order valence-corrected chi connectivity index (χ0v) is 12.2. The first-order valence-electron chi connectivity index (χ1n) is 5.87. The molecule has 0 saturated heterocycles. The molecular weight excluding hydrogens is 298 g/mol. The van der Waals surface area contributed by atoms with E-state index in [2.05, 4.69) is 0 Å². The number of nitro benzene ring substituents is 1. The highest BCUT2D eigenvalue weighted by Gasteiger charge is 2.09. The van der Waals surface area contributed by atoms with Gasteiger partial charge in [-0.2, -0.15) is 0 Å². The molecule has 0 aliphatic rings. The highest BCUT2D eigenvalue weighted by Crippen LogP contribution is 2.33. The number of aliphatic hydroxyl groups excluding tert-OH is 1. The van der Waals surface area contributed by atoms with Crippen LogP contribution in [-0.4, -0.2) is 10.0 Å². The molecule has 0 fully saturated rings. The highest BCUT2D eigenvalue weighted by atomic mass is 35.5.